The van der Waals surface area contributed by atoms with E-state index in [1.807, 2.05) is 0 Å². The van der Waals surface area contributed by atoms with E-state index in [1.165, 1.54) is 0 Å². The molecule has 0 aliphatic heterocycles. The normalized spacial score (nSPS) is 13.0. The van der Waals surface area contributed by atoms with Crippen molar-refractivity contribution in [2.45, 2.75) is 4.90 Å². The Morgan fingerprint density at radius 3 is 2.10 bits per heavy atom. The quantitative estimate of drug-likeness (QED) is 0.629. The average molecular weight is 195 g/mol. The van der Waals surface area contributed by atoms with Gasteiger partial charge in [-0.1, -0.05) is 11.6 Å². The van der Waals surface area contributed by atoms with Gasteiger partial charge in [0.05, 0.1) is 4.90 Å². The summed E-state index contributed by atoms with van der Waals surface area (Å²) in [5.41, 5.74) is 0. The van der Waals surface area contributed by atoms with Gasteiger partial charge in [0, 0.05) is 5.02 Å². The highest BCUT2D eigenvalue weighted by Crippen LogP contribution is 2.13. The largest absolute Gasteiger partial charge is 0.237 e. The minimum absolute atomic E-state index is 0.575. The van der Waals surface area contributed by atoms with Gasteiger partial charge in [-0.15, -0.1) is 0 Å². The predicted molar refractivity (Wildman–Crippen MR) is 43.7 cm³/mol. The summed E-state index contributed by atoms with van der Waals surface area (Å²) >= 11 is 5.57. The third-order valence-corrected chi connectivity index (χ3v) is 2.43. The maximum absolute atomic E-state index is 10.6. The first-order valence-electron chi connectivity index (χ1n) is 2.54. The molecule has 0 spiro atoms. The van der Waals surface area contributed by atoms with Gasteiger partial charge in [-0.25, -0.2) is 4.21 Å². The molecule has 0 aliphatic carbocycles. The second-order valence-electron chi connectivity index (χ2n) is 1.68. The molecule has 0 aliphatic rings. The van der Waals surface area contributed by atoms with E-state index in [4.69, 9.17) is 22.3 Å². The van der Waals surface area contributed by atoms with E-state index in [0.717, 1.165) is 0 Å². The van der Waals surface area contributed by atoms with Crippen LogP contribution in [0.25, 0.3) is 0 Å². The fourth-order valence-electron chi connectivity index (χ4n) is 0.542. The van der Waals surface area contributed by atoms with Gasteiger partial charge in [0.2, 0.25) is 0 Å². The zero-order chi connectivity index (χ0) is 7.56. The van der Waals surface area contributed by atoms with Crippen LogP contribution in [0.15, 0.2) is 29.2 Å². The third kappa shape index (κ3) is 1.97. The van der Waals surface area contributed by atoms with Crippen LogP contribution in [0.5, 0.6) is 0 Å². The number of halogens is 2. The molecule has 0 amide bonds. The molecule has 0 N–H and O–H groups in total. The first-order valence-corrected chi connectivity index (χ1v) is 4.89. The monoisotopic (exact) mass is 194 g/mol. The van der Waals surface area contributed by atoms with E-state index in [2.05, 4.69) is 0 Å². The molecule has 1 atom stereocenters. The van der Waals surface area contributed by atoms with Gasteiger partial charge in [0.15, 0.2) is 0 Å². The molecule has 4 heteroatoms. The summed E-state index contributed by atoms with van der Waals surface area (Å²) in [6, 6.07) is 6.56. The number of hydrogen-bond acceptors (Lipinski definition) is 1. The van der Waals surface area contributed by atoms with Crippen molar-refractivity contribution in [3.63, 3.8) is 0 Å². The number of benzene rings is 1. The topological polar surface area (TPSA) is 17.1 Å². The Kier molecular flexibility index (Phi) is 2.72. The summed E-state index contributed by atoms with van der Waals surface area (Å²) in [7, 11) is 3.86. The molecule has 54 valence electrons. The van der Waals surface area contributed by atoms with Crippen LogP contribution in [0.2, 0.25) is 5.02 Å². The van der Waals surface area contributed by atoms with Gasteiger partial charge in [-0.3, -0.25) is 0 Å². The summed E-state index contributed by atoms with van der Waals surface area (Å²) in [5, 5.41) is 0.617. The minimum atomic E-state index is -1.42. The molecule has 0 heterocycles. The Bertz CT molecular complexity index is 244. The van der Waals surface area contributed by atoms with Crippen molar-refractivity contribution in [1.82, 2.24) is 0 Å². The highest BCUT2D eigenvalue weighted by molar-refractivity contribution is 8.08. The molecule has 1 unspecified atom stereocenters. The van der Waals surface area contributed by atoms with Crippen LogP contribution in [0.4, 0.5) is 0 Å². The molecule has 0 aromatic heterocycles. The fraction of sp³-hybridized carbons (Fsp3) is 0. The lowest BCUT2D eigenvalue weighted by Gasteiger charge is -1.91. The SMILES string of the molecule is O=S(Cl)c1ccc(Cl)cc1. The lowest BCUT2D eigenvalue weighted by Crippen LogP contribution is -1.78. The molecule has 1 rings (SSSR count). The Labute approximate surface area is 70.9 Å². The molecule has 1 nitrogen and oxygen atoms in total. The van der Waals surface area contributed by atoms with Crippen LogP contribution in [-0.2, 0) is 10.0 Å². The van der Waals surface area contributed by atoms with Gasteiger partial charge < -0.3 is 0 Å². The van der Waals surface area contributed by atoms with Crippen molar-refractivity contribution in [3.8, 4) is 0 Å². The molecule has 0 saturated heterocycles. The second kappa shape index (κ2) is 3.37. The molecule has 0 bridgehead atoms. The van der Waals surface area contributed by atoms with E-state index in [9.17, 15) is 4.21 Å². The van der Waals surface area contributed by atoms with E-state index >= 15 is 0 Å². The molecule has 1 aromatic carbocycles. The molecule has 0 saturated carbocycles. The van der Waals surface area contributed by atoms with Crippen molar-refractivity contribution in [2.75, 3.05) is 0 Å². The van der Waals surface area contributed by atoms with Gasteiger partial charge in [-0.2, -0.15) is 0 Å². The van der Waals surface area contributed by atoms with E-state index in [-0.39, 0.29) is 0 Å². The predicted octanol–water partition coefficient (Wildman–Crippen LogP) is 2.60. The Morgan fingerprint density at radius 2 is 1.70 bits per heavy atom. The summed E-state index contributed by atoms with van der Waals surface area (Å²) < 4.78 is 10.6. The maximum atomic E-state index is 10.6. The van der Waals surface area contributed by atoms with Crippen molar-refractivity contribution in [1.29, 1.82) is 0 Å². The third-order valence-electron chi connectivity index (χ3n) is 0.999. The second-order valence-corrected chi connectivity index (χ2v) is 3.87. The van der Waals surface area contributed by atoms with Gasteiger partial charge in [0.1, 0.15) is 10.0 Å². The van der Waals surface area contributed by atoms with Crippen molar-refractivity contribution < 1.29 is 4.21 Å². The highest BCUT2D eigenvalue weighted by atomic mass is 35.7. The van der Waals surface area contributed by atoms with Crippen LogP contribution in [-0.4, -0.2) is 4.21 Å². The van der Waals surface area contributed by atoms with Crippen LogP contribution >= 0.6 is 22.3 Å². The standard InChI is InChI=1S/C6H4Cl2OS/c7-5-1-3-6(4-2-5)10(8)9/h1-4H. The first-order chi connectivity index (χ1) is 4.70. The molecule has 10 heavy (non-hydrogen) atoms. The Morgan fingerprint density at radius 1 is 1.20 bits per heavy atom. The van der Waals surface area contributed by atoms with Crippen molar-refractivity contribution in [2.24, 2.45) is 0 Å². The van der Waals surface area contributed by atoms with Gasteiger partial charge in [-0.05, 0) is 34.9 Å². The van der Waals surface area contributed by atoms with E-state index in [1.54, 1.807) is 24.3 Å². The summed E-state index contributed by atoms with van der Waals surface area (Å²) in [6.45, 7) is 0. The minimum Gasteiger partial charge on any atom is -0.237 e. The summed E-state index contributed by atoms with van der Waals surface area (Å²) in [4.78, 5) is 0.575. The van der Waals surface area contributed by atoms with Crippen molar-refractivity contribution in [3.05, 3.63) is 29.3 Å². The maximum Gasteiger partial charge on any atom is 0.147 e. The van der Waals surface area contributed by atoms with E-state index in [0.29, 0.717) is 9.92 Å². The Balaban J connectivity index is 3.00. The Hall–Kier alpha value is -0.0500. The smallest absolute Gasteiger partial charge is 0.147 e. The zero-order valence-corrected chi connectivity index (χ0v) is 7.21. The van der Waals surface area contributed by atoms with Crippen LogP contribution in [0, 0.1) is 0 Å². The zero-order valence-electron chi connectivity index (χ0n) is 4.88. The first kappa shape index (κ1) is 8.05. The molecule has 0 fully saturated rings. The average Bonchev–Trinajstić information content (AvgIpc) is 1.88. The highest BCUT2D eigenvalue weighted by Gasteiger charge is 1.96. The van der Waals surface area contributed by atoms with Gasteiger partial charge >= 0.3 is 0 Å². The number of hydrogen-bond donors (Lipinski definition) is 0. The molecular formula is C6H4Cl2OS. The molecule has 1 aromatic rings. The molecule has 0 radical (unpaired) electrons. The lowest BCUT2D eigenvalue weighted by molar-refractivity contribution is 0.691. The lowest BCUT2D eigenvalue weighted by atomic mass is 10.4. The van der Waals surface area contributed by atoms with Crippen LogP contribution in [0.3, 0.4) is 0 Å². The summed E-state index contributed by atoms with van der Waals surface area (Å²) in [5.74, 6) is 0. The number of rotatable bonds is 1. The molecular weight excluding hydrogens is 191 g/mol. The fourth-order valence-corrected chi connectivity index (χ4v) is 1.33. The van der Waals surface area contributed by atoms with E-state index < -0.39 is 10.0 Å². The summed E-state index contributed by atoms with van der Waals surface area (Å²) in [6.07, 6.45) is 0. The van der Waals surface area contributed by atoms with Crippen molar-refractivity contribution >= 4 is 32.3 Å². The van der Waals surface area contributed by atoms with Gasteiger partial charge in [0.25, 0.3) is 0 Å². The van der Waals surface area contributed by atoms with Crippen LogP contribution < -0.4 is 0 Å². The van der Waals surface area contributed by atoms with Crippen LogP contribution in [0.1, 0.15) is 0 Å².